The third kappa shape index (κ3) is 3.91. The average molecular weight is 451 g/mol. The van der Waals surface area contributed by atoms with Gasteiger partial charge in [-0.15, -0.1) is 0 Å². The zero-order valence-electron chi connectivity index (χ0n) is 12.5. The highest BCUT2D eigenvalue weighted by Gasteiger charge is 2.07. The Balaban J connectivity index is 1.72. The predicted molar refractivity (Wildman–Crippen MR) is 101 cm³/mol. The molecule has 3 aromatic rings. The lowest BCUT2D eigenvalue weighted by Gasteiger charge is -2.08. The van der Waals surface area contributed by atoms with E-state index >= 15 is 0 Å². The van der Waals surface area contributed by atoms with Gasteiger partial charge in [-0.05, 0) is 36.4 Å². The molecule has 0 aliphatic carbocycles. The summed E-state index contributed by atoms with van der Waals surface area (Å²) in [7, 11) is 0. The van der Waals surface area contributed by atoms with Crippen molar-refractivity contribution in [2.24, 2.45) is 0 Å². The standard InChI is InChI=1S/C17H13Br2N3O2/c18-11-2-1-3-13(8-11)21-16(23)6-7-22-10-20-15-5-4-12(19)9-14(15)17(22)24/h1-5,8-10H,6-7H2,(H,21,23). The van der Waals surface area contributed by atoms with Crippen LogP contribution in [-0.2, 0) is 11.3 Å². The lowest BCUT2D eigenvalue weighted by molar-refractivity contribution is -0.116. The minimum absolute atomic E-state index is 0.156. The summed E-state index contributed by atoms with van der Waals surface area (Å²) in [4.78, 5) is 28.8. The highest BCUT2D eigenvalue weighted by atomic mass is 79.9. The van der Waals surface area contributed by atoms with Crippen LogP contribution in [0.15, 0.2) is 62.5 Å². The van der Waals surface area contributed by atoms with Crippen LogP contribution in [0.25, 0.3) is 10.9 Å². The maximum absolute atomic E-state index is 12.5. The smallest absolute Gasteiger partial charge is 0.261 e. The SMILES string of the molecule is O=C(CCn1cnc2ccc(Br)cc2c1=O)Nc1cccc(Br)c1. The van der Waals surface area contributed by atoms with Crippen LogP contribution in [0.4, 0.5) is 5.69 Å². The number of carbonyl (C=O) groups is 1. The quantitative estimate of drug-likeness (QED) is 0.654. The van der Waals surface area contributed by atoms with Crippen molar-refractivity contribution in [3.63, 3.8) is 0 Å². The number of aromatic nitrogens is 2. The number of hydrogen-bond donors (Lipinski definition) is 1. The van der Waals surface area contributed by atoms with E-state index in [1.807, 2.05) is 30.3 Å². The molecule has 3 rings (SSSR count). The van der Waals surface area contributed by atoms with Crippen molar-refractivity contribution in [3.8, 4) is 0 Å². The van der Waals surface area contributed by atoms with Crippen LogP contribution < -0.4 is 10.9 Å². The second-order valence-electron chi connectivity index (χ2n) is 5.21. The van der Waals surface area contributed by atoms with Crippen LogP contribution in [0.2, 0.25) is 0 Å². The summed E-state index contributed by atoms with van der Waals surface area (Å²) in [6.07, 6.45) is 1.67. The molecule has 0 radical (unpaired) electrons. The highest BCUT2D eigenvalue weighted by molar-refractivity contribution is 9.10. The fraction of sp³-hybridized carbons (Fsp3) is 0.118. The van der Waals surface area contributed by atoms with Crippen LogP contribution >= 0.6 is 31.9 Å². The van der Waals surface area contributed by atoms with Gasteiger partial charge in [-0.1, -0.05) is 37.9 Å². The Bertz CT molecular complexity index is 969. The van der Waals surface area contributed by atoms with Gasteiger partial charge in [0.05, 0.1) is 17.2 Å². The molecule has 0 spiro atoms. The Morgan fingerprint density at radius 2 is 1.92 bits per heavy atom. The summed E-state index contributed by atoms with van der Waals surface area (Å²) in [5.41, 5.74) is 1.19. The highest BCUT2D eigenvalue weighted by Crippen LogP contribution is 2.16. The molecule has 0 saturated heterocycles. The third-order valence-electron chi connectivity index (χ3n) is 3.47. The molecule has 122 valence electrons. The first kappa shape index (κ1) is 16.9. The van der Waals surface area contributed by atoms with Gasteiger partial charge in [-0.2, -0.15) is 0 Å². The largest absolute Gasteiger partial charge is 0.326 e. The molecule has 1 N–H and O–H groups in total. The Hall–Kier alpha value is -1.99. The number of amides is 1. The molecule has 24 heavy (non-hydrogen) atoms. The molecule has 0 saturated carbocycles. The Morgan fingerprint density at radius 3 is 2.71 bits per heavy atom. The first-order valence-corrected chi connectivity index (χ1v) is 8.82. The molecule has 0 aliphatic heterocycles. The predicted octanol–water partition coefficient (Wildman–Crippen LogP) is 3.95. The average Bonchev–Trinajstić information content (AvgIpc) is 2.55. The van der Waals surface area contributed by atoms with Crippen molar-refractivity contribution in [2.45, 2.75) is 13.0 Å². The first-order valence-electron chi connectivity index (χ1n) is 7.23. The molecule has 2 aromatic carbocycles. The van der Waals surface area contributed by atoms with Gasteiger partial charge in [0, 0.05) is 27.6 Å². The van der Waals surface area contributed by atoms with Gasteiger partial charge in [-0.3, -0.25) is 14.2 Å². The topological polar surface area (TPSA) is 64.0 Å². The lowest BCUT2D eigenvalue weighted by atomic mass is 10.2. The molecular weight excluding hydrogens is 438 g/mol. The van der Waals surface area contributed by atoms with E-state index in [2.05, 4.69) is 42.2 Å². The number of nitrogens with one attached hydrogen (secondary N) is 1. The second-order valence-corrected chi connectivity index (χ2v) is 7.04. The van der Waals surface area contributed by atoms with Crippen molar-refractivity contribution < 1.29 is 4.79 Å². The van der Waals surface area contributed by atoms with Crippen molar-refractivity contribution in [1.29, 1.82) is 0 Å². The summed E-state index contributed by atoms with van der Waals surface area (Å²) in [5.74, 6) is -0.158. The van der Waals surface area contributed by atoms with Crippen LogP contribution in [-0.4, -0.2) is 15.5 Å². The minimum atomic E-state index is -0.158. The molecule has 1 amide bonds. The van der Waals surface area contributed by atoms with Gasteiger partial charge in [0.25, 0.3) is 5.56 Å². The van der Waals surface area contributed by atoms with Crippen molar-refractivity contribution in [3.05, 3.63) is 68.1 Å². The van der Waals surface area contributed by atoms with E-state index in [0.29, 0.717) is 16.6 Å². The van der Waals surface area contributed by atoms with E-state index in [9.17, 15) is 9.59 Å². The lowest BCUT2D eigenvalue weighted by Crippen LogP contribution is -2.23. The van der Waals surface area contributed by atoms with Crippen LogP contribution in [0.3, 0.4) is 0 Å². The number of nitrogens with zero attached hydrogens (tertiary/aromatic N) is 2. The maximum atomic E-state index is 12.5. The summed E-state index contributed by atoms with van der Waals surface area (Å²) in [5, 5.41) is 3.33. The molecule has 0 bridgehead atoms. The Kier molecular flexibility index (Phi) is 5.11. The van der Waals surface area contributed by atoms with E-state index in [4.69, 9.17) is 0 Å². The molecule has 0 unspecified atom stereocenters. The van der Waals surface area contributed by atoms with Crippen LogP contribution in [0, 0.1) is 0 Å². The third-order valence-corrected chi connectivity index (χ3v) is 4.46. The molecule has 0 atom stereocenters. The Morgan fingerprint density at radius 1 is 1.12 bits per heavy atom. The number of halogens is 2. The van der Waals surface area contributed by atoms with Crippen molar-refractivity contribution in [1.82, 2.24) is 9.55 Å². The van der Waals surface area contributed by atoms with Crippen LogP contribution in [0.5, 0.6) is 0 Å². The maximum Gasteiger partial charge on any atom is 0.261 e. The summed E-state index contributed by atoms with van der Waals surface area (Å²) in [6, 6.07) is 12.7. The summed E-state index contributed by atoms with van der Waals surface area (Å²) >= 11 is 6.71. The van der Waals surface area contributed by atoms with E-state index in [0.717, 1.165) is 8.95 Å². The van der Waals surface area contributed by atoms with E-state index < -0.39 is 0 Å². The van der Waals surface area contributed by atoms with Gasteiger partial charge in [-0.25, -0.2) is 4.98 Å². The Labute approximate surface area is 155 Å². The number of aryl methyl sites for hydroxylation is 1. The van der Waals surface area contributed by atoms with E-state index in [1.165, 1.54) is 10.9 Å². The number of anilines is 1. The zero-order valence-corrected chi connectivity index (χ0v) is 15.7. The van der Waals surface area contributed by atoms with E-state index in [-0.39, 0.29) is 24.4 Å². The number of carbonyl (C=O) groups excluding carboxylic acids is 1. The first-order chi connectivity index (χ1) is 11.5. The van der Waals surface area contributed by atoms with Gasteiger partial charge < -0.3 is 5.32 Å². The fourth-order valence-corrected chi connectivity index (χ4v) is 3.06. The number of hydrogen-bond acceptors (Lipinski definition) is 3. The zero-order chi connectivity index (χ0) is 17.1. The molecule has 1 heterocycles. The van der Waals surface area contributed by atoms with Gasteiger partial charge in [0.15, 0.2) is 0 Å². The number of fused-ring (bicyclic) bond motifs is 1. The van der Waals surface area contributed by atoms with Gasteiger partial charge in [0.1, 0.15) is 0 Å². The van der Waals surface area contributed by atoms with Gasteiger partial charge >= 0.3 is 0 Å². The van der Waals surface area contributed by atoms with Crippen LogP contribution in [0.1, 0.15) is 6.42 Å². The second kappa shape index (κ2) is 7.27. The van der Waals surface area contributed by atoms with Crippen molar-refractivity contribution >= 4 is 54.4 Å². The van der Waals surface area contributed by atoms with Crippen molar-refractivity contribution in [2.75, 3.05) is 5.32 Å². The van der Waals surface area contributed by atoms with E-state index in [1.54, 1.807) is 12.1 Å². The fourth-order valence-electron chi connectivity index (χ4n) is 2.30. The monoisotopic (exact) mass is 449 g/mol. The summed E-state index contributed by atoms with van der Waals surface area (Å²) in [6.45, 7) is 0.272. The minimum Gasteiger partial charge on any atom is -0.326 e. The molecule has 1 aromatic heterocycles. The molecule has 5 nitrogen and oxygen atoms in total. The number of benzene rings is 2. The van der Waals surface area contributed by atoms with Gasteiger partial charge in [0.2, 0.25) is 5.91 Å². The normalized spacial score (nSPS) is 10.8. The molecule has 0 aliphatic rings. The number of rotatable bonds is 4. The molecule has 7 heteroatoms. The molecule has 0 fully saturated rings. The summed E-state index contributed by atoms with van der Waals surface area (Å²) < 4.78 is 3.16. The molecular formula is C17H13Br2N3O2.